The SMILES string of the molecule is CCNC(Cc1nc(C)c(C)s1)c1cccc(C)c1. The molecule has 1 aromatic heterocycles. The largest absolute Gasteiger partial charge is 0.310 e. The van der Waals surface area contributed by atoms with Gasteiger partial charge in [0.05, 0.1) is 10.7 Å². The number of nitrogens with one attached hydrogen (secondary N) is 1. The van der Waals surface area contributed by atoms with Crippen molar-refractivity contribution in [1.29, 1.82) is 0 Å². The van der Waals surface area contributed by atoms with Crippen LogP contribution in [0, 0.1) is 20.8 Å². The van der Waals surface area contributed by atoms with Crippen LogP contribution in [0.5, 0.6) is 0 Å². The Morgan fingerprint density at radius 2 is 2.05 bits per heavy atom. The molecule has 2 nitrogen and oxygen atoms in total. The van der Waals surface area contributed by atoms with E-state index < -0.39 is 0 Å². The van der Waals surface area contributed by atoms with Gasteiger partial charge >= 0.3 is 0 Å². The second kappa shape index (κ2) is 6.31. The minimum atomic E-state index is 0.356. The summed E-state index contributed by atoms with van der Waals surface area (Å²) in [5.74, 6) is 0. The summed E-state index contributed by atoms with van der Waals surface area (Å²) in [6.07, 6.45) is 0.969. The number of hydrogen-bond donors (Lipinski definition) is 1. The van der Waals surface area contributed by atoms with Crippen LogP contribution in [0.25, 0.3) is 0 Å². The van der Waals surface area contributed by atoms with Gasteiger partial charge in [0.25, 0.3) is 0 Å². The number of benzene rings is 1. The monoisotopic (exact) mass is 274 g/mol. The smallest absolute Gasteiger partial charge is 0.0949 e. The summed E-state index contributed by atoms with van der Waals surface area (Å²) < 4.78 is 0. The highest BCUT2D eigenvalue weighted by molar-refractivity contribution is 7.11. The molecule has 0 aliphatic rings. The molecule has 1 aromatic carbocycles. The molecule has 0 amide bonds. The van der Waals surface area contributed by atoms with E-state index in [9.17, 15) is 0 Å². The van der Waals surface area contributed by atoms with Gasteiger partial charge in [0.2, 0.25) is 0 Å². The van der Waals surface area contributed by atoms with Crippen molar-refractivity contribution in [3.8, 4) is 0 Å². The first kappa shape index (κ1) is 14.2. The number of likely N-dealkylation sites (N-methyl/N-ethyl adjacent to an activating group) is 1. The Kier molecular flexibility index (Phi) is 4.72. The first-order valence-corrected chi connectivity index (χ1v) is 7.64. The van der Waals surface area contributed by atoms with Crippen molar-refractivity contribution in [3.63, 3.8) is 0 Å². The van der Waals surface area contributed by atoms with Gasteiger partial charge in [-0.2, -0.15) is 0 Å². The van der Waals surface area contributed by atoms with E-state index in [1.807, 2.05) is 11.3 Å². The van der Waals surface area contributed by atoms with Crippen molar-refractivity contribution >= 4 is 11.3 Å². The molecule has 1 unspecified atom stereocenters. The molecule has 19 heavy (non-hydrogen) atoms. The highest BCUT2D eigenvalue weighted by atomic mass is 32.1. The fourth-order valence-electron chi connectivity index (χ4n) is 2.24. The van der Waals surface area contributed by atoms with Crippen molar-refractivity contribution in [2.75, 3.05) is 6.54 Å². The van der Waals surface area contributed by atoms with Crippen LogP contribution in [-0.2, 0) is 6.42 Å². The van der Waals surface area contributed by atoms with E-state index in [1.54, 1.807) is 0 Å². The van der Waals surface area contributed by atoms with E-state index >= 15 is 0 Å². The second-order valence-corrected chi connectivity index (χ2v) is 6.27. The molecule has 0 aliphatic carbocycles. The van der Waals surface area contributed by atoms with E-state index in [-0.39, 0.29) is 0 Å². The van der Waals surface area contributed by atoms with Gasteiger partial charge in [0.15, 0.2) is 0 Å². The Morgan fingerprint density at radius 1 is 1.26 bits per heavy atom. The molecular formula is C16H22N2S. The average molecular weight is 274 g/mol. The minimum absolute atomic E-state index is 0.356. The molecule has 1 N–H and O–H groups in total. The summed E-state index contributed by atoms with van der Waals surface area (Å²) >= 11 is 1.82. The van der Waals surface area contributed by atoms with E-state index in [0.717, 1.165) is 13.0 Å². The van der Waals surface area contributed by atoms with Crippen LogP contribution >= 0.6 is 11.3 Å². The molecule has 2 aromatic rings. The molecule has 102 valence electrons. The van der Waals surface area contributed by atoms with Crippen LogP contribution in [0.3, 0.4) is 0 Å². The minimum Gasteiger partial charge on any atom is -0.310 e. The number of rotatable bonds is 5. The molecule has 1 atom stereocenters. The van der Waals surface area contributed by atoms with Crippen molar-refractivity contribution in [3.05, 3.63) is 51.0 Å². The lowest BCUT2D eigenvalue weighted by Gasteiger charge is -2.17. The van der Waals surface area contributed by atoms with Gasteiger partial charge in [-0.05, 0) is 32.9 Å². The highest BCUT2D eigenvalue weighted by Crippen LogP contribution is 2.24. The van der Waals surface area contributed by atoms with Crippen LogP contribution in [0.1, 0.15) is 39.7 Å². The third kappa shape index (κ3) is 3.64. The van der Waals surface area contributed by atoms with Crippen LogP contribution in [0.15, 0.2) is 24.3 Å². The number of thiazole rings is 1. The number of hydrogen-bond acceptors (Lipinski definition) is 3. The third-order valence-electron chi connectivity index (χ3n) is 3.35. The van der Waals surface area contributed by atoms with Gasteiger partial charge in [0.1, 0.15) is 0 Å². The van der Waals surface area contributed by atoms with Crippen molar-refractivity contribution in [2.24, 2.45) is 0 Å². The van der Waals surface area contributed by atoms with E-state index in [1.165, 1.54) is 26.7 Å². The fourth-order valence-corrected chi connectivity index (χ4v) is 3.22. The van der Waals surface area contributed by atoms with Crippen molar-refractivity contribution < 1.29 is 0 Å². The van der Waals surface area contributed by atoms with Crippen LogP contribution in [0.2, 0.25) is 0 Å². The van der Waals surface area contributed by atoms with Crippen LogP contribution in [-0.4, -0.2) is 11.5 Å². The molecule has 0 spiro atoms. The number of nitrogens with zero attached hydrogens (tertiary/aromatic N) is 1. The number of aryl methyl sites for hydroxylation is 3. The molecular weight excluding hydrogens is 252 g/mol. The zero-order valence-corrected chi connectivity index (χ0v) is 13.0. The molecule has 0 fully saturated rings. The first-order chi connectivity index (χ1) is 9.10. The van der Waals surface area contributed by atoms with Gasteiger partial charge in [0, 0.05) is 17.3 Å². The van der Waals surface area contributed by atoms with E-state index in [0.29, 0.717) is 6.04 Å². The van der Waals surface area contributed by atoms with Gasteiger partial charge in [-0.25, -0.2) is 4.98 Å². The molecule has 1 heterocycles. The lowest BCUT2D eigenvalue weighted by atomic mass is 10.0. The predicted molar refractivity (Wildman–Crippen MR) is 82.9 cm³/mol. The highest BCUT2D eigenvalue weighted by Gasteiger charge is 2.14. The summed E-state index contributed by atoms with van der Waals surface area (Å²) in [5.41, 5.74) is 3.83. The third-order valence-corrected chi connectivity index (χ3v) is 4.44. The zero-order valence-electron chi connectivity index (χ0n) is 12.2. The summed E-state index contributed by atoms with van der Waals surface area (Å²) in [4.78, 5) is 5.99. The summed E-state index contributed by atoms with van der Waals surface area (Å²) in [5, 5.41) is 4.79. The van der Waals surface area contributed by atoms with E-state index in [4.69, 9.17) is 0 Å². The molecule has 3 heteroatoms. The number of aromatic nitrogens is 1. The van der Waals surface area contributed by atoms with Crippen molar-refractivity contribution in [1.82, 2.24) is 10.3 Å². The summed E-state index contributed by atoms with van der Waals surface area (Å²) in [7, 11) is 0. The standard InChI is InChI=1S/C16H22N2S/c1-5-17-15(14-8-6-7-11(2)9-14)10-16-18-12(3)13(4)19-16/h6-9,15,17H,5,10H2,1-4H3. The van der Waals surface area contributed by atoms with Gasteiger partial charge in [-0.1, -0.05) is 36.8 Å². The molecule has 0 saturated carbocycles. The summed E-state index contributed by atoms with van der Waals surface area (Å²) in [6.45, 7) is 9.50. The molecule has 0 radical (unpaired) electrons. The molecule has 0 bridgehead atoms. The second-order valence-electron chi connectivity index (χ2n) is 4.98. The Labute approximate surface area is 119 Å². The maximum atomic E-state index is 4.66. The predicted octanol–water partition coefficient (Wildman–Crippen LogP) is 3.96. The Hall–Kier alpha value is -1.19. The Bertz CT molecular complexity index is 526. The molecule has 0 saturated heterocycles. The lowest BCUT2D eigenvalue weighted by molar-refractivity contribution is 0.548. The van der Waals surface area contributed by atoms with Gasteiger partial charge in [-0.3, -0.25) is 0 Å². The zero-order chi connectivity index (χ0) is 13.8. The normalized spacial score (nSPS) is 12.6. The van der Waals surface area contributed by atoms with Crippen molar-refractivity contribution in [2.45, 2.75) is 40.2 Å². The maximum Gasteiger partial charge on any atom is 0.0949 e. The lowest BCUT2D eigenvalue weighted by Crippen LogP contribution is -2.23. The Balaban J connectivity index is 2.20. The van der Waals surface area contributed by atoms with E-state index in [2.05, 4.69) is 62.3 Å². The van der Waals surface area contributed by atoms with Crippen LogP contribution < -0.4 is 5.32 Å². The Morgan fingerprint density at radius 3 is 2.63 bits per heavy atom. The maximum absolute atomic E-state index is 4.66. The first-order valence-electron chi connectivity index (χ1n) is 6.83. The fraction of sp³-hybridized carbons (Fsp3) is 0.438. The molecule has 0 aliphatic heterocycles. The average Bonchev–Trinajstić information content (AvgIpc) is 2.68. The van der Waals surface area contributed by atoms with Gasteiger partial charge in [-0.15, -0.1) is 11.3 Å². The quantitative estimate of drug-likeness (QED) is 0.892. The van der Waals surface area contributed by atoms with Crippen LogP contribution in [0.4, 0.5) is 0 Å². The van der Waals surface area contributed by atoms with Gasteiger partial charge < -0.3 is 5.32 Å². The molecule has 2 rings (SSSR count). The topological polar surface area (TPSA) is 24.9 Å². The summed E-state index contributed by atoms with van der Waals surface area (Å²) in [6, 6.07) is 9.10.